The summed E-state index contributed by atoms with van der Waals surface area (Å²) in [5, 5.41) is 0. The average Bonchev–Trinajstić information content (AvgIpc) is 2.53. The lowest BCUT2D eigenvalue weighted by atomic mass is 10.1. The number of amides is 1. The molecule has 0 aliphatic carbocycles. The van der Waals surface area contributed by atoms with Crippen LogP contribution >= 0.6 is 0 Å². The van der Waals surface area contributed by atoms with Crippen LogP contribution in [0.5, 0.6) is 5.75 Å². The van der Waals surface area contributed by atoms with Gasteiger partial charge in [0.1, 0.15) is 5.75 Å². The normalized spacial score (nSPS) is 16.2. The lowest BCUT2D eigenvalue weighted by Crippen LogP contribution is -2.40. The first-order valence-electron chi connectivity index (χ1n) is 7.16. The van der Waals surface area contributed by atoms with E-state index in [1.54, 1.807) is 14.2 Å². The summed E-state index contributed by atoms with van der Waals surface area (Å²) >= 11 is 0. The molecule has 1 aromatic rings. The van der Waals surface area contributed by atoms with Crippen molar-refractivity contribution in [2.24, 2.45) is 0 Å². The maximum Gasteiger partial charge on any atom is 0.222 e. The Kier molecular flexibility index (Phi) is 5.41. The number of hydrogen-bond donors (Lipinski definition) is 0. The Morgan fingerprint density at radius 3 is 2.40 bits per heavy atom. The highest BCUT2D eigenvalue weighted by molar-refractivity contribution is 5.76. The van der Waals surface area contributed by atoms with Crippen LogP contribution in [-0.2, 0) is 16.0 Å². The summed E-state index contributed by atoms with van der Waals surface area (Å²) in [5.74, 6) is 1.09. The van der Waals surface area contributed by atoms with Gasteiger partial charge in [0.2, 0.25) is 5.91 Å². The number of piperidine rings is 1. The van der Waals surface area contributed by atoms with Gasteiger partial charge in [0.15, 0.2) is 0 Å². The molecule has 110 valence electrons. The molecular formula is C16H23NO3. The lowest BCUT2D eigenvalue weighted by Gasteiger charge is -2.31. The first-order chi connectivity index (χ1) is 9.72. The van der Waals surface area contributed by atoms with E-state index in [4.69, 9.17) is 9.47 Å². The van der Waals surface area contributed by atoms with Crippen molar-refractivity contribution in [1.82, 2.24) is 4.90 Å². The lowest BCUT2D eigenvalue weighted by molar-refractivity contribution is -0.133. The first kappa shape index (κ1) is 14.9. The van der Waals surface area contributed by atoms with Gasteiger partial charge in [-0.25, -0.2) is 0 Å². The largest absolute Gasteiger partial charge is 0.497 e. The summed E-state index contributed by atoms with van der Waals surface area (Å²) < 4.78 is 10.4. The molecule has 0 bridgehead atoms. The number of hydrogen-bond acceptors (Lipinski definition) is 3. The van der Waals surface area contributed by atoms with Crippen molar-refractivity contribution >= 4 is 5.91 Å². The molecule has 2 rings (SSSR count). The van der Waals surface area contributed by atoms with Crippen LogP contribution in [0.1, 0.15) is 24.8 Å². The maximum atomic E-state index is 12.1. The van der Waals surface area contributed by atoms with Crippen LogP contribution in [0.25, 0.3) is 0 Å². The predicted molar refractivity (Wildman–Crippen MR) is 77.9 cm³/mol. The Balaban J connectivity index is 1.77. The van der Waals surface area contributed by atoms with E-state index >= 15 is 0 Å². The molecule has 1 aromatic carbocycles. The number of carbonyl (C=O) groups excluding carboxylic acids is 1. The summed E-state index contributed by atoms with van der Waals surface area (Å²) in [5.41, 5.74) is 1.17. The van der Waals surface area contributed by atoms with E-state index in [0.717, 1.165) is 38.1 Å². The quantitative estimate of drug-likeness (QED) is 0.828. The molecule has 1 heterocycles. The van der Waals surface area contributed by atoms with Crippen LogP contribution in [0.2, 0.25) is 0 Å². The SMILES string of the molecule is COc1ccc(CCC(=O)N2CCC(OC)CC2)cc1. The minimum absolute atomic E-state index is 0.246. The van der Waals surface area contributed by atoms with Gasteiger partial charge in [-0.3, -0.25) is 4.79 Å². The molecule has 0 aromatic heterocycles. The van der Waals surface area contributed by atoms with Gasteiger partial charge in [-0.1, -0.05) is 12.1 Å². The molecule has 0 radical (unpaired) electrons. The fourth-order valence-corrected chi connectivity index (χ4v) is 2.54. The summed E-state index contributed by atoms with van der Waals surface area (Å²) in [6.07, 6.45) is 3.58. The molecule has 0 unspecified atom stereocenters. The highest BCUT2D eigenvalue weighted by atomic mass is 16.5. The molecule has 20 heavy (non-hydrogen) atoms. The fraction of sp³-hybridized carbons (Fsp3) is 0.562. The second-order valence-electron chi connectivity index (χ2n) is 5.16. The van der Waals surface area contributed by atoms with E-state index in [1.165, 1.54) is 5.56 Å². The zero-order valence-electron chi connectivity index (χ0n) is 12.3. The van der Waals surface area contributed by atoms with Crippen molar-refractivity contribution in [3.05, 3.63) is 29.8 Å². The van der Waals surface area contributed by atoms with E-state index in [1.807, 2.05) is 29.2 Å². The molecule has 1 aliphatic heterocycles. The number of benzene rings is 1. The van der Waals surface area contributed by atoms with Crippen molar-refractivity contribution in [1.29, 1.82) is 0 Å². The molecule has 1 amide bonds. The summed E-state index contributed by atoms with van der Waals surface area (Å²) in [7, 11) is 3.40. The van der Waals surface area contributed by atoms with Crippen LogP contribution in [0.15, 0.2) is 24.3 Å². The molecular weight excluding hydrogens is 254 g/mol. The minimum atomic E-state index is 0.246. The Morgan fingerprint density at radius 1 is 1.20 bits per heavy atom. The van der Waals surface area contributed by atoms with Crippen LogP contribution in [0.3, 0.4) is 0 Å². The summed E-state index contributed by atoms with van der Waals surface area (Å²) in [4.78, 5) is 14.1. The monoisotopic (exact) mass is 277 g/mol. The Morgan fingerprint density at radius 2 is 1.85 bits per heavy atom. The molecule has 0 N–H and O–H groups in total. The van der Waals surface area contributed by atoms with Gasteiger partial charge in [0.05, 0.1) is 13.2 Å². The molecule has 1 aliphatic rings. The number of methoxy groups -OCH3 is 2. The Bertz CT molecular complexity index is 422. The Labute approximate surface area is 120 Å². The van der Waals surface area contributed by atoms with Crippen molar-refractivity contribution in [3.63, 3.8) is 0 Å². The van der Waals surface area contributed by atoms with Gasteiger partial charge in [-0.05, 0) is 37.0 Å². The highest BCUT2D eigenvalue weighted by Crippen LogP contribution is 2.16. The van der Waals surface area contributed by atoms with Gasteiger partial charge in [0, 0.05) is 26.6 Å². The van der Waals surface area contributed by atoms with Crippen LogP contribution in [0.4, 0.5) is 0 Å². The van der Waals surface area contributed by atoms with E-state index < -0.39 is 0 Å². The van der Waals surface area contributed by atoms with Crippen molar-refractivity contribution in [2.45, 2.75) is 31.8 Å². The van der Waals surface area contributed by atoms with Crippen molar-refractivity contribution < 1.29 is 14.3 Å². The topological polar surface area (TPSA) is 38.8 Å². The summed E-state index contributed by atoms with van der Waals surface area (Å²) in [6.45, 7) is 1.64. The zero-order chi connectivity index (χ0) is 14.4. The van der Waals surface area contributed by atoms with E-state index in [2.05, 4.69) is 0 Å². The molecule has 0 saturated carbocycles. The van der Waals surface area contributed by atoms with Gasteiger partial charge >= 0.3 is 0 Å². The second-order valence-corrected chi connectivity index (χ2v) is 5.16. The zero-order valence-corrected chi connectivity index (χ0v) is 12.3. The van der Waals surface area contributed by atoms with E-state index in [0.29, 0.717) is 12.5 Å². The number of nitrogens with zero attached hydrogens (tertiary/aromatic N) is 1. The van der Waals surface area contributed by atoms with E-state index in [-0.39, 0.29) is 5.91 Å². The molecule has 4 heteroatoms. The van der Waals surface area contributed by atoms with Gasteiger partial charge < -0.3 is 14.4 Å². The second kappa shape index (κ2) is 7.29. The van der Waals surface area contributed by atoms with Crippen molar-refractivity contribution in [3.8, 4) is 5.75 Å². The number of carbonyl (C=O) groups is 1. The third-order valence-electron chi connectivity index (χ3n) is 3.91. The number of likely N-dealkylation sites (tertiary alicyclic amines) is 1. The highest BCUT2D eigenvalue weighted by Gasteiger charge is 2.21. The average molecular weight is 277 g/mol. The Hall–Kier alpha value is -1.55. The van der Waals surface area contributed by atoms with Crippen molar-refractivity contribution in [2.75, 3.05) is 27.3 Å². The van der Waals surface area contributed by atoms with Crippen LogP contribution < -0.4 is 4.74 Å². The number of rotatable bonds is 5. The van der Waals surface area contributed by atoms with Crippen LogP contribution in [0, 0.1) is 0 Å². The standard InChI is InChI=1S/C16H23NO3/c1-19-14-6-3-13(4-7-14)5-8-16(18)17-11-9-15(20-2)10-12-17/h3-4,6-7,15H,5,8-12H2,1-2H3. The van der Waals surface area contributed by atoms with Gasteiger partial charge in [-0.15, -0.1) is 0 Å². The number of ether oxygens (including phenoxy) is 2. The fourth-order valence-electron chi connectivity index (χ4n) is 2.54. The number of aryl methyl sites for hydroxylation is 1. The molecule has 1 saturated heterocycles. The third kappa shape index (κ3) is 3.97. The first-order valence-corrected chi connectivity index (χ1v) is 7.16. The van der Waals surface area contributed by atoms with E-state index in [9.17, 15) is 4.79 Å². The minimum Gasteiger partial charge on any atom is -0.497 e. The van der Waals surface area contributed by atoms with Crippen LogP contribution in [-0.4, -0.2) is 44.2 Å². The predicted octanol–water partition coefficient (Wildman–Crippen LogP) is 2.27. The molecule has 1 fully saturated rings. The van der Waals surface area contributed by atoms with Gasteiger partial charge in [0.25, 0.3) is 0 Å². The third-order valence-corrected chi connectivity index (χ3v) is 3.91. The molecule has 0 spiro atoms. The maximum absolute atomic E-state index is 12.1. The molecule has 0 atom stereocenters. The summed E-state index contributed by atoms with van der Waals surface area (Å²) in [6, 6.07) is 7.90. The molecule has 4 nitrogen and oxygen atoms in total. The smallest absolute Gasteiger partial charge is 0.222 e. The van der Waals surface area contributed by atoms with Gasteiger partial charge in [-0.2, -0.15) is 0 Å².